The average Bonchev–Trinajstić information content (AvgIpc) is 2.32. The Bertz CT molecular complexity index is 629. The van der Waals surface area contributed by atoms with Crippen LogP contribution in [0.5, 0.6) is 0 Å². The minimum absolute atomic E-state index is 0.174. The molecule has 8 heteroatoms. The maximum absolute atomic E-state index is 13.5. The van der Waals surface area contributed by atoms with Gasteiger partial charge in [-0.05, 0) is 30.9 Å². The standard InChI is InChI=1S/C13H15Cl2FO4S/c1-8(2)4-3-5-20-13(17)9-6-12(21(15,18)19)11(16)7-10(9)14/h6-8H,3-5H2,1-2H3. The summed E-state index contributed by atoms with van der Waals surface area (Å²) in [7, 11) is 0.780. The maximum Gasteiger partial charge on any atom is 0.339 e. The van der Waals surface area contributed by atoms with Gasteiger partial charge in [-0.15, -0.1) is 0 Å². The molecule has 0 bridgehead atoms. The van der Waals surface area contributed by atoms with Gasteiger partial charge in [-0.3, -0.25) is 0 Å². The average molecular weight is 357 g/mol. The minimum Gasteiger partial charge on any atom is -0.462 e. The molecule has 0 N–H and O–H groups in total. The highest BCUT2D eigenvalue weighted by atomic mass is 35.7. The summed E-state index contributed by atoms with van der Waals surface area (Å²) in [5, 5.41) is -0.231. The molecule has 0 aliphatic heterocycles. The Labute approximate surface area is 132 Å². The van der Waals surface area contributed by atoms with Crippen molar-refractivity contribution in [3.05, 3.63) is 28.5 Å². The van der Waals surface area contributed by atoms with Crippen LogP contribution in [0.1, 0.15) is 37.0 Å². The van der Waals surface area contributed by atoms with Crippen LogP contribution in [-0.2, 0) is 13.8 Å². The summed E-state index contributed by atoms with van der Waals surface area (Å²) >= 11 is 5.73. The number of carbonyl (C=O) groups excluding carboxylic acids is 1. The first-order valence-corrected chi connectivity index (χ1v) is 8.92. The summed E-state index contributed by atoms with van der Waals surface area (Å²) in [5.74, 6) is -1.46. The van der Waals surface area contributed by atoms with Crippen molar-refractivity contribution in [2.24, 2.45) is 5.92 Å². The lowest BCUT2D eigenvalue weighted by atomic mass is 10.1. The normalized spacial score (nSPS) is 11.7. The van der Waals surface area contributed by atoms with E-state index in [0.717, 1.165) is 18.6 Å². The number of hydrogen-bond acceptors (Lipinski definition) is 4. The van der Waals surface area contributed by atoms with Gasteiger partial charge >= 0.3 is 5.97 Å². The number of hydrogen-bond donors (Lipinski definition) is 0. The number of carbonyl (C=O) groups is 1. The molecule has 0 aliphatic carbocycles. The molecule has 0 aliphatic rings. The molecule has 0 amide bonds. The summed E-state index contributed by atoms with van der Waals surface area (Å²) in [5.41, 5.74) is -0.234. The second-order valence-electron chi connectivity index (χ2n) is 4.87. The van der Waals surface area contributed by atoms with Crippen LogP contribution in [0.4, 0.5) is 4.39 Å². The van der Waals surface area contributed by atoms with Crippen LogP contribution in [0.3, 0.4) is 0 Å². The molecule has 0 saturated carbocycles. The van der Waals surface area contributed by atoms with Crippen molar-refractivity contribution in [1.29, 1.82) is 0 Å². The smallest absolute Gasteiger partial charge is 0.339 e. The van der Waals surface area contributed by atoms with E-state index in [0.29, 0.717) is 12.3 Å². The molecule has 0 heterocycles. The van der Waals surface area contributed by atoms with Crippen LogP contribution in [0.25, 0.3) is 0 Å². The Hall–Kier alpha value is -0.850. The zero-order valence-electron chi connectivity index (χ0n) is 11.5. The highest BCUT2D eigenvalue weighted by Gasteiger charge is 2.22. The number of esters is 1. The van der Waals surface area contributed by atoms with Gasteiger partial charge in [0.2, 0.25) is 0 Å². The van der Waals surface area contributed by atoms with Gasteiger partial charge in [-0.1, -0.05) is 25.4 Å². The molecule has 118 valence electrons. The molecule has 1 rings (SSSR count). The zero-order chi connectivity index (χ0) is 16.2. The van der Waals surface area contributed by atoms with Crippen LogP contribution in [0, 0.1) is 11.7 Å². The lowest BCUT2D eigenvalue weighted by Gasteiger charge is -2.09. The van der Waals surface area contributed by atoms with Crippen molar-refractivity contribution >= 4 is 37.3 Å². The predicted molar refractivity (Wildman–Crippen MR) is 78.8 cm³/mol. The Morgan fingerprint density at radius 3 is 2.52 bits per heavy atom. The van der Waals surface area contributed by atoms with Gasteiger partial charge in [0.1, 0.15) is 10.7 Å². The SMILES string of the molecule is CC(C)CCCOC(=O)c1cc(S(=O)(=O)Cl)c(F)cc1Cl. The van der Waals surface area contributed by atoms with Crippen LogP contribution < -0.4 is 0 Å². The Morgan fingerprint density at radius 2 is 2.00 bits per heavy atom. The van der Waals surface area contributed by atoms with Gasteiger partial charge in [-0.25, -0.2) is 17.6 Å². The Morgan fingerprint density at radius 1 is 1.38 bits per heavy atom. The van der Waals surface area contributed by atoms with E-state index in [4.69, 9.17) is 27.0 Å². The van der Waals surface area contributed by atoms with E-state index in [-0.39, 0.29) is 17.2 Å². The lowest BCUT2D eigenvalue weighted by Crippen LogP contribution is -2.09. The predicted octanol–water partition coefficient (Wildman–Crippen LogP) is 4.00. The molecule has 0 atom stereocenters. The summed E-state index contributed by atoms with van der Waals surface area (Å²) in [4.78, 5) is 11.0. The van der Waals surface area contributed by atoms with Crippen LogP contribution >= 0.6 is 22.3 Å². The molecular formula is C13H15Cl2FO4S. The summed E-state index contributed by atoms with van der Waals surface area (Å²) in [6, 6.07) is 1.51. The molecule has 1 aromatic carbocycles. The third kappa shape index (κ3) is 5.45. The van der Waals surface area contributed by atoms with E-state index < -0.39 is 25.7 Å². The van der Waals surface area contributed by atoms with Gasteiger partial charge in [0, 0.05) is 10.7 Å². The molecule has 0 fully saturated rings. The monoisotopic (exact) mass is 356 g/mol. The third-order valence-electron chi connectivity index (χ3n) is 2.66. The van der Waals surface area contributed by atoms with E-state index >= 15 is 0 Å². The Balaban J connectivity index is 2.90. The van der Waals surface area contributed by atoms with E-state index in [1.165, 1.54) is 0 Å². The lowest BCUT2D eigenvalue weighted by molar-refractivity contribution is 0.0494. The largest absolute Gasteiger partial charge is 0.462 e. The number of rotatable bonds is 6. The van der Waals surface area contributed by atoms with Crippen LogP contribution in [0.2, 0.25) is 5.02 Å². The topological polar surface area (TPSA) is 60.4 Å². The van der Waals surface area contributed by atoms with Crippen molar-refractivity contribution in [2.45, 2.75) is 31.6 Å². The van der Waals surface area contributed by atoms with Gasteiger partial charge in [-0.2, -0.15) is 0 Å². The molecule has 0 saturated heterocycles. The molecule has 0 spiro atoms. The quantitative estimate of drug-likeness (QED) is 0.439. The van der Waals surface area contributed by atoms with Crippen molar-refractivity contribution in [2.75, 3.05) is 6.61 Å². The summed E-state index contributed by atoms with van der Waals surface area (Å²) in [6.45, 7) is 4.25. The van der Waals surface area contributed by atoms with Gasteiger partial charge in [0.25, 0.3) is 9.05 Å². The maximum atomic E-state index is 13.5. The van der Waals surface area contributed by atoms with Crippen molar-refractivity contribution in [3.63, 3.8) is 0 Å². The first-order chi connectivity index (χ1) is 9.62. The van der Waals surface area contributed by atoms with E-state index in [1.54, 1.807) is 0 Å². The van der Waals surface area contributed by atoms with Crippen LogP contribution in [0.15, 0.2) is 17.0 Å². The van der Waals surface area contributed by atoms with Crippen molar-refractivity contribution in [3.8, 4) is 0 Å². The molecule has 0 radical (unpaired) electrons. The molecular weight excluding hydrogens is 342 g/mol. The zero-order valence-corrected chi connectivity index (χ0v) is 13.9. The van der Waals surface area contributed by atoms with Gasteiger partial charge < -0.3 is 4.74 Å². The van der Waals surface area contributed by atoms with E-state index in [2.05, 4.69) is 0 Å². The second kappa shape index (κ2) is 7.42. The number of ether oxygens (including phenoxy) is 1. The Kier molecular flexibility index (Phi) is 6.43. The fraction of sp³-hybridized carbons (Fsp3) is 0.462. The fourth-order valence-corrected chi connectivity index (χ4v) is 2.74. The molecule has 21 heavy (non-hydrogen) atoms. The highest BCUT2D eigenvalue weighted by Crippen LogP contribution is 2.26. The first kappa shape index (κ1) is 18.2. The summed E-state index contributed by atoms with van der Waals surface area (Å²) in [6.07, 6.45) is 1.55. The first-order valence-electron chi connectivity index (χ1n) is 6.23. The number of benzene rings is 1. The van der Waals surface area contributed by atoms with Gasteiger partial charge in [0.15, 0.2) is 0 Å². The van der Waals surface area contributed by atoms with Crippen molar-refractivity contribution in [1.82, 2.24) is 0 Å². The van der Waals surface area contributed by atoms with Crippen LogP contribution in [-0.4, -0.2) is 21.0 Å². The van der Waals surface area contributed by atoms with E-state index in [1.807, 2.05) is 13.8 Å². The molecule has 0 aromatic heterocycles. The second-order valence-corrected chi connectivity index (χ2v) is 7.81. The van der Waals surface area contributed by atoms with Gasteiger partial charge in [0.05, 0.1) is 17.2 Å². The summed E-state index contributed by atoms with van der Waals surface area (Å²) < 4.78 is 40.9. The van der Waals surface area contributed by atoms with Crippen molar-refractivity contribution < 1.29 is 22.3 Å². The highest BCUT2D eigenvalue weighted by molar-refractivity contribution is 8.13. The number of halogens is 3. The minimum atomic E-state index is -4.31. The third-order valence-corrected chi connectivity index (χ3v) is 4.31. The fourth-order valence-electron chi connectivity index (χ4n) is 1.61. The molecule has 0 unspecified atom stereocenters. The molecule has 1 aromatic rings. The molecule has 4 nitrogen and oxygen atoms in total. The van der Waals surface area contributed by atoms with E-state index in [9.17, 15) is 17.6 Å².